The van der Waals surface area contributed by atoms with Gasteiger partial charge in [-0.15, -0.1) is 0 Å². The number of amides is 1. The first-order valence-corrected chi connectivity index (χ1v) is 10.2. The third-order valence-corrected chi connectivity index (χ3v) is 5.16. The van der Waals surface area contributed by atoms with Gasteiger partial charge in [-0.3, -0.25) is 9.59 Å². The number of hydrogen-bond acceptors (Lipinski definition) is 5. The molecule has 0 aromatic heterocycles. The number of hydrogen-bond donors (Lipinski definition) is 2. The lowest BCUT2D eigenvalue weighted by Crippen LogP contribution is -2.30. The number of aliphatic hydroxyl groups is 2. The van der Waals surface area contributed by atoms with E-state index in [4.69, 9.17) is 21.4 Å². The predicted molar refractivity (Wildman–Crippen MR) is 114 cm³/mol. The first-order valence-electron chi connectivity index (χ1n) is 9.86. The number of carbonyl (C=O) groups excluding carboxylic acids is 2. The highest BCUT2D eigenvalue weighted by Crippen LogP contribution is 2.40. The van der Waals surface area contributed by atoms with Crippen molar-refractivity contribution in [2.45, 2.75) is 25.8 Å². The average molecular weight is 430 g/mol. The average Bonchev–Trinajstić information content (AvgIpc) is 3.00. The zero-order valence-corrected chi connectivity index (χ0v) is 17.4. The van der Waals surface area contributed by atoms with Gasteiger partial charge in [0.2, 0.25) is 0 Å². The maximum atomic E-state index is 12.9. The van der Waals surface area contributed by atoms with Crippen LogP contribution in [0.3, 0.4) is 0 Å². The van der Waals surface area contributed by atoms with Crippen LogP contribution in [-0.2, 0) is 9.59 Å². The van der Waals surface area contributed by atoms with Crippen LogP contribution in [0.1, 0.15) is 36.9 Å². The molecule has 30 heavy (non-hydrogen) atoms. The molecule has 1 heterocycles. The number of aliphatic hydroxyl groups excluding tert-OH is 2. The Labute approximate surface area is 180 Å². The minimum Gasteiger partial charge on any atom is -0.507 e. The lowest BCUT2D eigenvalue weighted by molar-refractivity contribution is -0.139. The van der Waals surface area contributed by atoms with Crippen LogP contribution < -0.4 is 4.74 Å². The van der Waals surface area contributed by atoms with Gasteiger partial charge in [0, 0.05) is 17.1 Å². The second kappa shape index (κ2) is 9.78. The highest BCUT2D eigenvalue weighted by Gasteiger charge is 2.45. The Bertz CT molecular complexity index is 972. The Morgan fingerprint density at radius 3 is 2.63 bits per heavy atom. The maximum absolute atomic E-state index is 12.9. The normalized spacial score (nSPS) is 18.1. The van der Waals surface area contributed by atoms with Crippen molar-refractivity contribution >= 4 is 29.1 Å². The second-order valence-corrected chi connectivity index (χ2v) is 7.44. The number of ketones is 1. The molecule has 3 rings (SSSR count). The van der Waals surface area contributed by atoms with Gasteiger partial charge in [0.1, 0.15) is 18.1 Å². The van der Waals surface area contributed by atoms with Crippen molar-refractivity contribution in [3.63, 3.8) is 0 Å². The molecule has 7 heteroatoms. The maximum Gasteiger partial charge on any atom is 0.295 e. The largest absolute Gasteiger partial charge is 0.507 e. The summed E-state index contributed by atoms with van der Waals surface area (Å²) in [7, 11) is 0. The Morgan fingerprint density at radius 2 is 1.93 bits per heavy atom. The molecule has 1 amide bonds. The van der Waals surface area contributed by atoms with Gasteiger partial charge in [-0.1, -0.05) is 49.2 Å². The molecule has 2 aromatic rings. The van der Waals surface area contributed by atoms with Gasteiger partial charge in [-0.05, 0) is 36.2 Å². The molecule has 1 aliphatic rings. The number of ether oxygens (including phenoxy) is 1. The van der Waals surface area contributed by atoms with E-state index in [2.05, 4.69) is 0 Å². The Kier molecular flexibility index (Phi) is 7.13. The summed E-state index contributed by atoms with van der Waals surface area (Å²) in [4.78, 5) is 27.2. The molecule has 1 fully saturated rings. The zero-order valence-electron chi connectivity index (χ0n) is 16.7. The fourth-order valence-electron chi connectivity index (χ4n) is 3.51. The first kappa shape index (κ1) is 21.9. The molecule has 1 aliphatic heterocycles. The fraction of sp³-hybridized carbons (Fsp3) is 0.304. The van der Waals surface area contributed by atoms with Gasteiger partial charge < -0.3 is 19.8 Å². The molecule has 0 aliphatic carbocycles. The molecule has 6 nitrogen and oxygen atoms in total. The third kappa shape index (κ3) is 4.50. The summed E-state index contributed by atoms with van der Waals surface area (Å²) >= 11 is 6.05. The number of carbonyl (C=O) groups is 2. The first-order chi connectivity index (χ1) is 14.5. The summed E-state index contributed by atoms with van der Waals surface area (Å²) in [6.45, 7) is 2.39. The van der Waals surface area contributed by atoms with Crippen LogP contribution in [0.25, 0.3) is 5.76 Å². The molecule has 1 atom stereocenters. The van der Waals surface area contributed by atoms with Crippen LogP contribution in [0.2, 0.25) is 5.02 Å². The van der Waals surface area contributed by atoms with Crippen LogP contribution in [-0.4, -0.2) is 46.6 Å². The molecule has 158 valence electrons. The van der Waals surface area contributed by atoms with E-state index < -0.39 is 17.7 Å². The number of benzene rings is 2. The van der Waals surface area contributed by atoms with E-state index in [1.54, 1.807) is 48.5 Å². The lowest BCUT2D eigenvalue weighted by atomic mass is 9.95. The van der Waals surface area contributed by atoms with Crippen LogP contribution >= 0.6 is 11.6 Å². The summed E-state index contributed by atoms with van der Waals surface area (Å²) < 4.78 is 5.49. The SMILES string of the molecule is CCCCN1C(=O)C(=O)/C(=C(\O)c2cccc(Cl)c2)C1c1cccc(OCCO)c1. The van der Waals surface area contributed by atoms with E-state index in [1.807, 2.05) is 6.92 Å². The van der Waals surface area contributed by atoms with E-state index in [0.717, 1.165) is 12.8 Å². The van der Waals surface area contributed by atoms with Crippen molar-refractivity contribution in [3.05, 3.63) is 70.3 Å². The Balaban J connectivity index is 2.13. The summed E-state index contributed by atoms with van der Waals surface area (Å²) in [5.74, 6) is -1.12. The summed E-state index contributed by atoms with van der Waals surface area (Å²) in [6, 6.07) is 12.8. The zero-order chi connectivity index (χ0) is 21.7. The van der Waals surface area contributed by atoms with Gasteiger partial charge in [0.05, 0.1) is 18.2 Å². The molecule has 0 radical (unpaired) electrons. The van der Waals surface area contributed by atoms with Crippen molar-refractivity contribution in [1.82, 2.24) is 4.90 Å². The van der Waals surface area contributed by atoms with Gasteiger partial charge in [-0.25, -0.2) is 0 Å². The van der Waals surface area contributed by atoms with E-state index >= 15 is 0 Å². The van der Waals surface area contributed by atoms with E-state index in [9.17, 15) is 14.7 Å². The molecule has 2 aromatic carbocycles. The minimum atomic E-state index is -0.742. The highest BCUT2D eigenvalue weighted by atomic mass is 35.5. The third-order valence-electron chi connectivity index (χ3n) is 4.92. The summed E-state index contributed by atoms with van der Waals surface area (Å²) in [5.41, 5.74) is 1.04. The van der Waals surface area contributed by atoms with Crippen LogP contribution in [0.4, 0.5) is 0 Å². The monoisotopic (exact) mass is 429 g/mol. The number of unbranched alkanes of at least 4 members (excludes halogenated alkanes) is 1. The minimum absolute atomic E-state index is 0.0256. The molecular weight excluding hydrogens is 406 g/mol. The van der Waals surface area contributed by atoms with Gasteiger partial charge in [0.25, 0.3) is 11.7 Å². The number of rotatable bonds is 8. The van der Waals surface area contributed by atoms with Crippen molar-refractivity contribution in [1.29, 1.82) is 0 Å². The Morgan fingerprint density at radius 1 is 1.17 bits per heavy atom. The van der Waals surface area contributed by atoms with Crippen LogP contribution in [0, 0.1) is 0 Å². The van der Waals surface area contributed by atoms with Gasteiger partial charge in [-0.2, -0.15) is 0 Å². The standard InChI is InChI=1S/C23H24ClNO5/c1-2-3-10-25-20(15-6-5-9-18(14-15)30-12-11-26)19(22(28)23(25)29)21(27)16-7-4-8-17(24)13-16/h4-9,13-14,20,26-27H,2-3,10-12H2,1H3/b21-19-. The van der Waals surface area contributed by atoms with E-state index in [1.165, 1.54) is 4.90 Å². The fourth-order valence-corrected chi connectivity index (χ4v) is 3.71. The molecule has 0 bridgehead atoms. The number of halogens is 1. The van der Waals surface area contributed by atoms with Crippen molar-refractivity contribution in [2.75, 3.05) is 19.8 Å². The summed E-state index contributed by atoms with van der Waals surface area (Å²) in [5, 5.41) is 20.4. The van der Waals surface area contributed by atoms with Crippen molar-refractivity contribution in [2.24, 2.45) is 0 Å². The van der Waals surface area contributed by atoms with Crippen molar-refractivity contribution in [3.8, 4) is 5.75 Å². The number of Topliss-reactive ketones (excluding diaryl/α,β-unsaturated/α-hetero) is 1. The van der Waals surface area contributed by atoms with Crippen LogP contribution in [0.15, 0.2) is 54.1 Å². The van der Waals surface area contributed by atoms with E-state index in [-0.39, 0.29) is 24.5 Å². The quantitative estimate of drug-likeness (QED) is 0.377. The molecule has 0 spiro atoms. The second-order valence-electron chi connectivity index (χ2n) is 7.00. The van der Waals surface area contributed by atoms with Crippen LogP contribution in [0.5, 0.6) is 5.75 Å². The number of likely N-dealkylation sites (tertiary alicyclic amines) is 1. The molecule has 2 N–H and O–H groups in total. The highest BCUT2D eigenvalue weighted by molar-refractivity contribution is 6.46. The predicted octanol–water partition coefficient (Wildman–Crippen LogP) is 3.93. The topological polar surface area (TPSA) is 87.1 Å². The van der Waals surface area contributed by atoms with Crippen molar-refractivity contribution < 1.29 is 24.5 Å². The van der Waals surface area contributed by atoms with Gasteiger partial charge >= 0.3 is 0 Å². The molecule has 0 saturated carbocycles. The molecule has 1 unspecified atom stereocenters. The van der Waals surface area contributed by atoms with Gasteiger partial charge in [0.15, 0.2) is 0 Å². The molecular formula is C23H24ClNO5. The van der Waals surface area contributed by atoms with E-state index in [0.29, 0.717) is 28.4 Å². The molecule has 1 saturated heterocycles. The number of nitrogens with zero attached hydrogens (tertiary/aromatic N) is 1. The lowest BCUT2D eigenvalue weighted by Gasteiger charge is -2.25. The summed E-state index contributed by atoms with van der Waals surface area (Å²) in [6.07, 6.45) is 1.57. The smallest absolute Gasteiger partial charge is 0.295 e. The Hall–Kier alpha value is -2.83.